The molecular formula is C11H10F2O. The van der Waals surface area contributed by atoms with Gasteiger partial charge in [-0.15, -0.1) is 0 Å². The Hall–Kier alpha value is -1.25. The summed E-state index contributed by atoms with van der Waals surface area (Å²) in [7, 11) is 0. The van der Waals surface area contributed by atoms with Crippen molar-refractivity contribution in [3.8, 4) is 0 Å². The molecule has 0 saturated heterocycles. The molecule has 1 fully saturated rings. The highest BCUT2D eigenvalue weighted by molar-refractivity contribution is 5.51. The summed E-state index contributed by atoms with van der Waals surface area (Å²) in [6.45, 7) is 0. The molecule has 0 amide bonds. The number of halogens is 2. The Morgan fingerprint density at radius 2 is 1.93 bits per heavy atom. The number of hydrogen-bond donors (Lipinski definition) is 0. The zero-order valence-corrected chi connectivity index (χ0v) is 7.54. The highest BCUT2D eigenvalue weighted by atomic mass is 19.1. The quantitative estimate of drug-likeness (QED) is 0.679. The number of carbonyl (C=O) groups is 1. The van der Waals surface area contributed by atoms with Gasteiger partial charge in [-0.3, -0.25) is 0 Å². The second-order valence-corrected chi connectivity index (χ2v) is 3.71. The van der Waals surface area contributed by atoms with Crippen LogP contribution in [0.2, 0.25) is 0 Å². The molecule has 14 heavy (non-hydrogen) atoms. The molecule has 2 atom stereocenters. The first-order valence-electron chi connectivity index (χ1n) is 4.60. The van der Waals surface area contributed by atoms with Crippen molar-refractivity contribution >= 4 is 6.29 Å². The minimum Gasteiger partial charge on any atom is -0.303 e. The lowest BCUT2D eigenvalue weighted by Crippen LogP contribution is -1.88. The van der Waals surface area contributed by atoms with Crippen LogP contribution >= 0.6 is 0 Å². The van der Waals surface area contributed by atoms with Gasteiger partial charge in [-0.1, -0.05) is 0 Å². The van der Waals surface area contributed by atoms with Crippen molar-refractivity contribution in [3.05, 3.63) is 35.4 Å². The summed E-state index contributed by atoms with van der Waals surface area (Å²) in [5.41, 5.74) is 0.675. The lowest BCUT2D eigenvalue weighted by Gasteiger charge is -1.99. The molecule has 3 heteroatoms. The van der Waals surface area contributed by atoms with Crippen molar-refractivity contribution in [2.45, 2.75) is 18.8 Å². The molecule has 0 spiro atoms. The predicted molar refractivity (Wildman–Crippen MR) is 47.9 cm³/mol. The van der Waals surface area contributed by atoms with Gasteiger partial charge in [0.05, 0.1) is 0 Å². The summed E-state index contributed by atoms with van der Waals surface area (Å²) < 4.78 is 25.6. The third-order valence-electron chi connectivity index (χ3n) is 2.63. The molecule has 0 N–H and O–H groups in total. The monoisotopic (exact) mass is 196 g/mol. The van der Waals surface area contributed by atoms with Crippen LogP contribution in [-0.4, -0.2) is 6.29 Å². The SMILES string of the molecule is O=CCC1CC1c1cc(F)cc(F)c1. The Kier molecular flexibility index (Phi) is 2.32. The summed E-state index contributed by atoms with van der Waals surface area (Å²) in [5, 5.41) is 0. The predicted octanol–water partition coefficient (Wildman–Crippen LogP) is 2.66. The maximum atomic E-state index is 12.8. The van der Waals surface area contributed by atoms with Crippen molar-refractivity contribution in [1.82, 2.24) is 0 Å². The second kappa shape index (κ2) is 3.48. The van der Waals surface area contributed by atoms with Crippen molar-refractivity contribution < 1.29 is 13.6 Å². The van der Waals surface area contributed by atoms with Gasteiger partial charge in [-0.2, -0.15) is 0 Å². The van der Waals surface area contributed by atoms with E-state index in [0.717, 1.165) is 18.8 Å². The van der Waals surface area contributed by atoms with Crippen LogP contribution in [0.15, 0.2) is 18.2 Å². The van der Waals surface area contributed by atoms with E-state index in [-0.39, 0.29) is 11.8 Å². The van der Waals surface area contributed by atoms with Crippen molar-refractivity contribution in [2.24, 2.45) is 5.92 Å². The summed E-state index contributed by atoms with van der Waals surface area (Å²) >= 11 is 0. The van der Waals surface area contributed by atoms with Crippen molar-refractivity contribution in [2.75, 3.05) is 0 Å². The molecule has 0 radical (unpaired) electrons. The average molecular weight is 196 g/mol. The Morgan fingerprint density at radius 3 is 2.50 bits per heavy atom. The Balaban J connectivity index is 2.14. The van der Waals surface area contributed by atoms with Gasteiger partial charge in [0, 0.05) is 12.5 Å². The number of carbonyl (C=O) groups excluding carboxylic acids is 1. The van der Waals surface area contributed by atoms with Crippen LogP contribution in [0.1, 0.15) is 24.3 Å². The van der Waals surface area contributed by atoms with Crippen LogP contribution in [0.25, 0.3) is 0 Å². The number of benzene rings is 1. The fourth-order valence-corrected chi connectivity index (χ4v) is 1.83. The average Bonchev–Trinajstić information content (AvgIpc) is 2.82. The van der Waals surface area contributed by atoms with Gasteiger partial charge < -0.3 is 4.79 Å². The van der Waals surface area contributed by atoms with Crippen LogP contribution in [-0.2, 0) is 4.79 Å². The van der Waals surface area contributed by atoms with Crippen LogP contribution < -0.4 is 0 Å². The topological polar surface area (TPSA) is 17.1 Å². The Morgan fingerprint density at radius 1 is 1.29 bits per heavy atom. The smallest absolute Gasteiger partial charge is 0.126 e. The van der Waals surface area contributed by atoms with E-state index in [2.05, 4.69) is 0 Å². The third-order valence-corrected chi connectivity index (χ3v) is 2.63. The lowest BCUT2D eigenvalue weighted by atomic mass is 10.1. The van der Waals surface area contributed by atoms with E-state index in [1.165, 1.54) is 12.1 Å². The van der Waals surface area contributed by atoms with Gasteiger partial charge in [0.15, 0.2) is 0 Å². The first kappa shape index (κ1) is 9.31. The zero-order valence-electron chi connectivity index (χ0n) is 7.54. The van der Waals surface area contributed by atoms with Gasteiger partial charge in [0.25, 0.3) is 0 Å². The molecule has 1 saturated carbocycles. The van der Waals surface area contributed by atoms with Crippen LogP contribution in [0.3, 0.4) is 0 Å². The minimum atomic E-state index is -0.545. The van der Waals surface area contributed by atoms with Gasteiger partial charge in [-0.25, -0.2) is 8.78 Å². The first-order chi connectivity index (χ1) is 6.70. The van der Waals surface area contributed by atoms with E-state index in [4.69, 9.17) is 0 Å². The fourth-order valence-electron chi connectivity index (χ4n) is 1.83. The fraction of sp³-hybridized carbons (Fsp3) is 0.364. The molecule has 1 aliphatic rings. The maximum Gasteiger partial charge on any atom is 0.126 e. The number of aldehydes is 1. The molecule has 0 heterocycles. The molecule has 0 aromatic heterocycles. The molecule has 2 unspecified atom stereocenters. The Bertz CT molecular complexity index is 342. The highest BCUT2D eigenvalue weighted by Gasteiger charge is 2.37. The molecule has 1 nitrogen and oxygen atoms in total. The molecule has 1 aliphatic carbocycles. The number of hydrogen-bond acceptors (Lipinski definition) is 1. The zero-order chi connectivity index (χ0) is 10.1. The van der Waals surface area contributed by atoms with E-state index in [0.29, 0.717) is 12.0 Å². The van der Waals surface area contributed by atoms with Crippen molar-refractivity contribution in [1.29, 1.82) is 0 Å². The summed E-state index contributed by atoms with van der Waals surface area (Å²) in [6.07, 6.45) is 2.21. The first-order valence-corrected chi connectivity index (χ1v) is 4.60. The molecular weight excluding hydrogens is 186 g/mol. The van der Waals surface area contributed by atoms with Crippen LogP contribution in [0.4, 0.5) is 8.78 Å². The van der Waals surface area contributed by atoms with E-state index in [1.54, 1.807) is 0 Å². The van der Waals surface area contributed by atoms with Gasteiger partial charge in [0.2, 0.25) is 0 Å². The minimum absolute atomic E-state index is 0.172. The third kappa shape index (κ3) is 1.81. The summed E-state index contributed by atoms with van der Waals surface area (Å²) in [4.78, 5) is 10.2. The van der Waals surface area contributed by atoms with E-state index in [9.17, 15) is 13.6 Å². The van der Waals surface area contributed by atoms with E-state index >= 15 is 0 Å². The summed E-state index contributed by atoms with van der Waals surface area (Å²) in [5.74, 6) is -0.632. The molecule has 1 aromatic rings. The molecule has 1 aromatic carbocycles. The van der Waals surface area contributed by atoms with E-state index in [1.807, 2.05) is 0 Å². The van der Waals surface area contributed by atoms with Crippen LogP contribution in [0, 0.1) is 17.6 Å². The van der Waals surface area contributed by atoms with Crippen molar-refractivity contribution in [3.63, 3.8) is 0 Å². The van der Waals surface area contributed by atoms with Crippen LogP contribution in [0.5, 0.6) is 0 Å². The van der Waals surface area contributed by atoms with E-state index < -0.39 is 11.6 Å². The summed E-state index contributed by atoms with van der Waals surface area (Å²) in [6, 6.07) is 3.55. The Labute approximate surface area is 80.7 Å². The standard InChI is InChI=1S/C11H10F2O/c12-9-3-8(4-10(13)6-9)11-5-7(11)1-2-14/h2-4,6-7,11H,1,5H2. The number of rotatable bonds is 3. The molecule has 2 rings (SSSR count). The second-order valence-electron chi connectivity index (χ2n) is 3.71. The maximum absolute atomic E-state index is 12.8. The molecule has 74 valence electrons. The highest BCUT2D eigenvalue weighted by Crippen LogP contribution is 2.49. The van der Waals surface area contributed by atoms with Gasteiger partial charge >= 0.3 is 0 Å². The van der Waals surface area contributed by atoms with Gasteiger partial charge in [0.1, 0.15) is 17.9 Å². The molecule has 0 aliphatic heterocycles. The van der Waals surface area contributed by atoms with Gasteiger partial charge in [-0.05, 0) is 36.0 Å². The largest absolute Gasteiger partial charge is 0.303 e. The lowest BCUT2D eigenvalue weighted by molar-refractivity contribution is -0.108. The molecule has 0 bridgehead atoms. The normalized spacial score (nSPS) is 24.7.